The molecule has 0 aliphatic carbocycles. The highest BCUT2D eigenvalue weighted by atomic mass is 16.4. The van der Waals surface area contributed by atoms with Gasteiger partial charge in [0, 0.05) is 0 Å². The highest BCUT2D eigenvalue weighted by molar-refractivity contribution is 4.97. The van der Waals surface area contributed by atoms with Gasteiger partial charge in [0.05, 0.1) is 6.61 Å². The fourth-order valence-electron chi connectivity index (χ4n) is 0.570. The van der Waals surface area contributed by atoms with Gasteiger partial charge in [0.25, 0.3) is 0 Å². The Kier molecular flexibility index (Phi) is 4.60. The van der Waals surface area contributed by atoms with Crippen molar-refractivity contribution in [1.82, 2.24) is 0 Å². The van der Waals surface area contributed by atoms with E-state index < -0.39 is 30.7 Å². The lowest BCUT2D eigenvalue weighted by Gasteiger charge is -2.20. The highest BCUT2D eigenvalue weighted by Gasteiger charge is 2.26. The van der Waals surface area contributed by atoms with Gasteiger partial charge in [-0.1, -0.05) is 0 Å². The Morgan fingerprint density at radius 2 is 1.75 bits per heavy atom. The Hall–Kier alpha value is -0.820. The second-order valence-corrected chi connectivity index (χ2v) is 2.24. The highest BCUT2D eigenvalue weighted by Crippen LogP contribution is 2.06. The Labute approximate surface area is 68.6 Å². The molecule has 0 aromatic heterocycles. The summed E-state index contributed by atoms with van der Waals surface area (Å²) in [6.07, 6.45) is -4.92. The van der Waals surface area contributed by atoms with Crippen LogP contribution in [-0.4, -0.2) is 55.6 Å². The second kappa shape index (κ2) is 4.94. The first-order valence-electron chi connectivity index (χ1n) is 3.22. The molecule has 0 radical (unpaired) electrons. The van der Waals surface area contributed by atoms with E-state index in [1.807, 2.05) is 0 Å². The molecular formula is C6H12O6. The van der Waals surface area contributed by atoms with Crippen LogP contribution >= 0.6 is 0 Å². The Morgan fingerprint density at radius 3 is 2.08 bits per heavy atom. The Morgan fingerprint density at radius 1 is 1.25 bits per heavy atom. The van der Waals surface area contributed by atoms with E-state index in [4.69, 9.17) is 30.6 Å². The van der Waals surface area contributed by atoms with Gasteiger partial charge < -0.3 is 30.6 Å². The number of hydrogen-bond donors (Lipinski definition) is 6. The maximum Gasteiger partial charge on any atom is 0.158 e. The van der Waals surface area contributed by atoms with Crippen LogP contribution in [0.15, 0.2) is 12.0 Å². The summed E-state index contributed by atoms with van der Waals surface area (Å²) in [6, 6.07) is 0. The minimum Gasteiger partial charge on any atom is -0.512 e. The average molecular weight is 180 g/mol. The third kappa shape index (κ3) is 2.67. The van der Waals surface area contributed by atoms with Crippen molar-refractivity contribution in [3.63, 3.8) is 0 Å². The molecule has 0 saturated heterocycles. The van der Waals surface area contributed by atoms with E-state index in [0.29, 0.717) is 0 Å². The van der Waals surface area contributed by atoms with Crippen LogP contribution in [0.4, 0.5) is 0 Å². The van der Waals surface area contributed by atoms with Crippen molar-refractivity contribution >= 4 is 0 Å². The topological polar surface area (TPSA) is 121 Å². The largest absolute Gasteiger partial charge is 0.512 e. The normalized spacial score (nSPS) is 20.2. The molecule has 6 heteroatoms. The van der Waals surface area contributed by atoms with Crippen molar-refractivity contribution in [2.75, 3.05) is 6.61 Å². The van der Waals surface area contributed by atoms with Gasteiger partial charge >= 0.3 is 0 Å². The van der Waals surface area contributed by atoms with Crippen LogP contribution < -0.4 is 0 Å². The molecule has 0 rings (SSSR count). The summed E-state index contributed by atoms with van der Waals surface area (Å²) in [5.41, 5.74) is 0. The number of hydrogen-bond acceptors (Lipinski definition) is 6. The third-order valence-electron chi connectivity index (χ3n) is 1.34. The molecular weight excluding hydrogens is 168 g/mol. The SMILES string of the molecule is OC=C(O)[C@@H](O)[C@H](O)[C@H](O)CO. The molecule has 72 valence electrons. The smallest absolute Gasteiger partial charge is 0.158 e. The van der Waals surface area contributed by atoms with Crippen LogP contribution in [0.1, 0.15) is 0 Å². The third-order valence-corrected chi connectivity index (χ3v) is 1.34. The zero-order chi connectivity index (χ0) is 9.72. The molecule has 0 amide bonds. The summed E-state index contributed by atoms with van der Waals surface area (Å²) < 4.78 is 0. The van der Waals surface area contributed by atoms with E-state index in [-0.39, 0.29) is 6.26 Å². The Balaban J connectivity index is 4.18. The quantitative estimate of drug-likeness (QED) is 0.279. The van der Waals surface area contributed by atoms with Gasteiger partial charge in [0.15, 0.2) is 5.76 Å². The molecule has 0 saturated carbocycles. The molecule has 6 N–H and O–H groups in total. The molecule has 0 fully saturated rings. The number of aliphatic hydroxyl groups is 6. The maximum absolute atomic E-state index is 8.92. The lowest BCUT2D eigenvalue weighted by atomic mass is 10.1. The molecule has 0 aliphatic rings. The van der Waals surface area contributed by atoms with E-state index in [1.54, 1.807) is 0 Å². The zero-order valence-electron chi connectivity index (χ0n) is 6.20. The molecule has 0 aromatic carbocycles. The van der Waals surface area contributed by atoms with E-state index in [2.05, 4.69) is 0 Å². The van der Waals surface area contributed by atoms with Gasteiger partial charge in [-0.15, -0.1) is 0 Å². The fourth-order valence-corrected chi connectivity index (χ4v) is 0.570. The molecule has 0 unspecified atom stereocenters. The predicted octanol–water partition coefficient (Wildman–Crippen LogP) is -1.98. The lowest BCUT2D eigenvalue weighted by molar-refractivity contribution is -0.0750. The van der Waals surface area contributed by atoms with Crippen molar-refractivity contribution in [1.29, 1.82) is 0 Å². The molecule has 0 spiro atoms. The number of rotatable bonds is 4. The summed E-state index contributed by atoms with van der Waals surface area (Å²) in [4.78, 5) is 0. The van der Waals surface area contributed by atoms with Crippen LogP contribution in [0.5, 0.6) is 0 Å². The number of aliphatic hydroxyl groups excluding tert-OH is 6. The monoisotopic (exact) mass is 180 g/mol. The van der Waals surface area contributed by atoms with Crippen LogP contribution in [0.3, 0.4) is 0 Å². The first-order chi connectivity index (χ1) is 5.54. The first-order valence-corrected chi connectivity index (χ1v) is 3.22. The van der Waals surface area contributed by atoms with Crippen molar-refractivity contribution in [3.8, 4) is 0 Å². The first kappa shape index (κ1) is 11.2. The summed E-state index contributed by atoms with van der Waals surface area (Å²) in [7, 11) is 0. The second-order valence-electron chi connectivity index (χ2n) is 2.24. The van der Waals surface area contributed by atoms with Gasteiger partial charge in [0.2, 0.25) is 0 Å². The molecule has 12 heavy (non-hydrogen) atoms. The van der Waals surface area contributed by atoms with Crippen molar-refractivity contribution in [3.05, 3.63) is 12.0 Å². The minimum atomic E-state index is -1.81. The Bertz CT molecular complexity index is 156. The van der Waals surface area contributed by atoms with Crippen LogP contribution in [0.2, 0.25) is 0 Å². The summed E-state index contributed by atoms with van der Waals surface area (Å²) in [6.45, 7) is -0.753. The molecule has 0 aliphatic heterocycles. The van der Waals surface area contributed by atoms with Gasteiger partial charge in [0.1, 0.15) is 24.6 Å². The molecule has 3 atom stereocenters. The predicted molar refractivity (Wildman–Crippen MR) is 38.4 cm³/mol. The molecule has 0 aromatic rings. The lowest BCUT2D eigenvalue weighted by Crippen LogP contribution is -2.40. The van der Waals surface area contributed by atoms with Crippen LogP contribution in [-0.2, 0) is 0 Å². The average Bonchev–Trinajstić information content (AvgIpc) is 2.12. The van der Waals surface area contributed by atoms with E-state index in [0.717, 1.165) is 0 Å². The van der Waals surface area contributed by atoms with Crippen molar-refractivity contribution in [2.24, 2.45) is 0 Å². The fraction of sp³-hybridized carbons (Fsp3) is 0.667. The summed E-state index contributed by atoms with van der Waals surface area (Å²) >= 11 is 0. The van der Waals surface area contributed by atoms with Gasteiger partial charge in [-0.05, 0) is 0 Å². The van der Waals surface area contributed by atoms with Gasteiger partial charge in [-0.25, -0.2) is 0 Å². The van der Waals surface area contributed by atoms with E-state index in [1.165, 1.54) is 0 Å². The van der Waals surface area contributed by atoms with Crippen molar-refractivity contribution < 1.29 is 30.6 Å². The van der Waals surface area contributed by atoms with Crippen molar-refractivity contribution in [2.45, 2.75) is 18.3 Å². The van der Waals surface area contributed by atoms with Gasteiger partial charge in [-0.3, -0.25) is 0 Å². The van der Waals surface area contributed by atoms with Gasteiger partial charge in [-0.2, -0.15) is 0 Å². The summed E-state index contributed by atoms with van der Waals surface area (Å²) in [5.74, 6) is -0.880. The minimum absolute atomic E-state index is 0.192. The maximum atomic E-state index is 8.92. The van der Waals surface area contributed by atoms with Crippen LogP contribution in [0, 0.1) is 0 Å². The standard InChI is InChI=1S/C6H12O6/c7-1-3(9)5(11)6(12)4(10)2-8/h1,4-12H,2H2/t4-,5-,6-/m1/s1. The zero-order valence-corrected chi connectivity index (χ0v) is 6.20. The van der Waals surface area contributed by atoms with Crippen LogP contribution in [0.25, 0.3) is 0 Å². The molecule has 6 nitrogen and oxygen atoms in total. The molecule has 0 heterocycles. The van der Waals surface area contributed by atoms with E-state index >= 15 is 0 Å². The van der Waals surface area contributed by atoms with E-state index in [9.17, 15) is 0 Å². The summed E-state index contributed by atoms with van der Waals surface area (Å²) in [5, 5.41) is 51.7. The molecule has 0 bridgehead atoms.